The molecule has 0 spiro atoms. The van der Waals surface area contributed by atoms with E-state index in [0.717, 1.165) is 0 Å². The molecule has 0 aliphatic rings. The maximum absolute atomic E-state index is 10.7. The summed E-state index contributed by atoms with van der Waals surface area (Å²) in [5, 5.41) is 10.7. The lowest BCUT2D eigenvalue weighted by Gasteiger charge is -2.32. The van der Waals surface area contributed by atoms with Gasteiger partial charge < -0.3 is 9.90 Å². The topological polar surface area (TPSA) is 77.1 Å². The molecule has 0 saturated carbocycles. The average Bonchev–Trinajstić information content (AvgIpc) is 2.09. The van der Waals surface area contributed by atoms with E-state index in [4.69, 9.17) is 19.6 Å². The molecular formula is C12H23O6-. The first-order chi connectivity index (χ1) is 7.83. The summed E-state index contributed by atoms with van der Waals surface area (Å²) in [6.45, 7) is 12.0. The third kappa shape index (κ3) is 9.35. The van der Waals surface area contributed by atoms with E-state index in [1.165, 1.54) is 6.92 Å². The minimum Gasteiger partial charge on any atom is -0.550 e. The molecule has 108 valence electrons. The van der Waals surface area contributed by atoms with Crippen molar-refractivity contribution in [2.75, 3.05) is 0 Å². The fraction of sp³-hybridized carbons (Fsp3) is 0.917. The first-order valence-electron chi connectivity index (χ1n) is 5.77. The van der Waals surface area contributed by atoms with Crippen molar-refractivity contribution in [3.63, 3.8) is 0 Å². The van der Waals surface area contributed by atoms with Crippen LogP contribution in [-0.4, -0.2) is 23.0 Å². The van der Waals surface area contributed by atoms with Gasteiger partial charge in [-0.2, -0.15) is 9.78 Å². The van der Waals surface area contributed by atoms with Crippen LogP contribution in [0.25, 0.3) is 0 Å². The monoisotopic (exact) mass is 263 g/mol. The predicted octanol–water partition coefficient (Wildman–Crippen LogP) is 1.34. The number of carbonyl (C=O) groups excluding carboxylic acids is 1. The molecule has 0 saturated heterocycles. The summed E-state index contributed by atoms with van der Waals surface area (Å²) in [5.41, 5.74) is -1.20. The Morgan fingerprint density at radius 1 is 0.833 bits per heavy atom. The molecule has 0 aliphatic carbocycles. The summed E-state index contributed by atoms with van der Waals surface area (Å²) in [6.07, 6.45) is -0.515. The molecule has 0 fully saturated rings. The van der Waals surface area contributed by atoms with Gasteiger partial charge in [-0.25, -0.2) is 9.78 Å². The molecule has 6 heteroatoms. The van der Waals surface area contributed by atoms with Gasteiger partial charge in [-0.05, 0) is 48.5 Å². The highest BCUT2D eigenvalue weighted by Crippen LogP contribution is 2.24. The molecule has 0 rings (SSSR count). The van der Waals surface area contributed by atoms with Crippen LogP contribution in [0.5, 0.6) is 0 Å². The van der Waals surface area contributed by atoms with E-state index >= 15 is 0 Å². The number of aliphatic carboxylic acids is 1. The van der Waals surface area contributed by atoms with Gasteiger partial charge in [-0.3, -0.25) is 0 Å². The molecule has 0 unspecified atom stereocenters. The van der Waals surface area contributed by atoms with E-state index in [9.17, 15) is 9.90 Å². The van der Waals surface area contributed by atoms with Gasteiger partial charge in [0, 0.05) is 12.4 Å². The smallest absolute Gasteiger partial charge is 0.236 e. The van der Waals surface area contributed by atoms with Gasteiger partial charge >= 0.3 is 0 Å². The lowest BCUT2D eigenvalue weighted by molar-refractivity contribution is -0.537. The molecule has 0 atom stereocenters. The first kappa shape index (κ1) is 17.3. The molecule has 0 aromatic heterocycles. The predicted molar refractivity (Wildman–Crippen MR) is 61.9 cm³/mol. The van der Waals surface area contributed by atoms with Gasteiger partial charge in [0.05, 0.1) is 11.2 Å². The molecule has 0 aromatic rings. The number of hydrogen-bond acceptors (Lipinski definition) is 6. The number of rotatable bonds is 6. The largest absolute Gasteiger partial charge is 0.550 e. The lowest BCUT2D eigenvalue weighted by atomic mass is 10.2. The zero-order chi connectivity index (χ0) is 14.6. The number of carboxylic acid groups (broad SMARTS) is 1. The first-order valence-corrected chi connectivity index (χ1v) is 5.77. The molecule has 18 heavy (non-hydrogen) atoms. The fourth-order valence-electron chi connectivity index (χ4n) is 0.761. The number of carboxylic acids is 1. The average molecular weight is 263 g/mol. The summed E-state index contributed by atoms with van der Waals surface area (Å²) in [5.74, 6) is -2.90. The second kappa shape index (κ2) is 5.97. The Labute approximate surface area is 108 Å². The van der Waals surface area contributed by atoms with Crippen LogP contribution < -0.4 is 5.11 Å². The highest BCUT2D eigenvalue weighted by atomic mass is 17.3. The van der Waals surface area contributed by atoms with Gasteiger partial charge in [0.15, 0.2) is 0 Å². The van der Waals surface area contributed by atoms with Crippen molar-refractivity contribution < 1.29 is 29.5 Å². The second-order valence-corrected chi connectivity index (χ2v) is 6.24. The van der Waals surface area contributed by atoms with Crippen LogP contribution >= 0.6 is 0 Å². The van der Waals surface area contributed by atoms with E-state index in [1.807, 2.05) is 0 Å². The molecule has 0 aromatic carbocycles. The minimum absolute atomic E-state index is 0.515. The van der Waals surface area contributed by atoms with Crippen LogP contribution in [0.4, 0.5) is 0 Å². The van der Waals surface area contributed by atoms with Gasteiger partial charge in [0.25, 0.3) is 0 Å². The van der Waals surface area contributed by atoms with Crippen LogP contribution in [0, 0.1) is 0 Å². The third-order valence-electron chi connectivity index (χ3n) is 1.40. The molecule has 0 heterocycles. The van der Waals surface area contributed by atoms with Crippen molar-refractivity contribution in [1.82, 2.24) is 0 Å². The van der Waals surface area contributed by atoms with Gasteiger partial charge in [0.2, 0.25) is 5.79 Å². The van der Waals surface area contributed by atoms with Crippen molar-refractivity contribution in [2.45, 2.75) is 71.9 Å². The Morgan fingerprint density at radius 2 is 1.17 bits per heavy atom. The molecule has 0 aliphatic heterocycles. The molecule has 0 bridgehead atoms. The quantitative estimate of drug-likeness (QED) is 0.409. The Hall–Kier alpha value is -0.690. The van der Waals surface area contributed by atoms with Crippen molar-refractivity contribution in [3.8, 4) is 0 Å². The Kier molecular flexibility index (Phi) is 5.74. The van der Waals surface area contributed by atoms with Gasteiger partial charge in [-0.1, -0.05) is 0 Å². The van der Waals surface area contributed by atoms with Crippen molar-refractivity contribution in [2.24, 2.45) is 0 Å². The van der Waals surface area contributed by atoms with Crippen LogP contribution in [0.3, 0.4) is 0 Å². The standard InChI is InChI=1S/C12H24O6/c1-10(2,3)15-17-12(7,8-9(13)14)18-16-11(4,5)6/h8H2,1-7H3,(H,13,14)/p-1. The zero-order valence-electron chi connectivity index (χ0n) is 12.2. The maximum Gasteiger partial charge on any atom is 0.236 e. The molecular weight excluding hydrogens is 240 g/mol. The van der Waals surface area contributed by atoms with Gasteiger partial charge in [0.1, 0.15) is 0 Å². The Bertz CT molecular complexity index is 255. The maximum atomic E-state index is 10.7. The molecule has 0 N–H and O–H groups in total. The second-order valence-electron chi connectivity index (χ2n) is 6.24. The van der Waals surface area contributed by atoms with Crippen LogP contribution in [0.1, 0.15) is 54.9 Å². The highest BCUT2D eigenvalue weighted by Gasteiger charge is 2.33. The van der Waals surface area contributed by atoms with Crippen LogP contribution in [0.15, 0.2) is 0 Å². The van der Waals surface area contributed by atoms with E-state index < -0.39 is 29.4 Å². The Morgan fingerprint density at radius 3 is 1.39 bits per heavy atom. The zero-order valence-corrected chi connectivity index (χ0v) is 12.2. The third-order valence-corrected chi connectivity index (χ3v) is 1.40. The summed E-state index contributed by atoms with van der Waals surface area (Å²) < 4.78 is 0. The van der Waals surface area contributed by atoms with Crippen molar-refractivity contribution in [3.05, 3.63) is 0 Å². The summed E-state index contributed by atoms with van der Waals surface area (Å²) in [4.78, 5) is 30.9. The highest BCUT2D eigenvalue weighted by molar-refractivity contribution is 5.65. The van der Waals surface area contributed by atoms with Crippen molar-refractivity contribution >= 4 is 5.97 Å². The Balaban J connectivity index is 4.57. The van der Waals surface area contributed by atoms with Crippen LogP contribution in [-0.2, 0) is 24.3 Å². The summed E-state index contributed by atoms with van der Waals surface area (Å²) >= 11 is 0. The minimum atomic E-state index is -1.57. The molecule has 0 radical (unpaired) electrons. The van der Waals surface area contributed by atoms with E-state index in [-0.39, 0.29) is 0 Å². The lowest BCUT2D eigenvalue weighted by Crippen LogP contribution is -2.43. The summed E-state index contributed by atoms with van der Waals surface area (Å²) in [6, 6.07) is 0. The number of hydrogen-bond donors (Lipinski definition) is 0. The normalized spacial score (nSPS) is 13.7. The van der Waals surface area contributed by atoms with Gasteiger partial charge in [-0.15, -0.1) is 0 Å². The molecule has 6 nitrogen and oxygen atoms in total. The fourth-order valence-corrected chi connectivity index (χ4v) is 0.761. The van der Waals surface area contributed by atoms with E-state index in [1.54, 1.807) is 41.5 Å². The SMILES string of the molecule is CC(C)(C)OOC(C)(CC(=O)[O-])OOC(C)(C)C. The van der Waals surface area contributed by atoms with Crippen molar-refractivity contribution in [1.29, 1.82) is 0 Å². The summed E-state index contributed by atoms with van der Waals surface area (Å²) in [7, 11) is 0. The molecule has 0 amide bonds. The van der Waals surface area contributed by atoms with E-state index in [2.05, 4.69) is 0 Å². The van der Waals surface area contributed by atoms with Crippen LogP contribution in [0.2, 0.25) is 0 Å². The number of carbonyl (C=O) groups is 1. The van der Waals surface area contributed by atoms with E-state index in [0.29, 0.717) is 0 Å².